The zero-order valence-corrected chi connectivity index (χ0v) is 13.7. The van der Waals surface area contributed by atoms with Gasteiger partial charge in [-0.05, 0) is 5.56 Å². The minimum absolute atomic E-state index is 0.0496. The molecule has 26 heavy (non-hydrogen) atoms. The summed E-state index contributed by atoms with van der Waals surface area (Å²) >= 11 is 0. The summed E-state index contributed by atoms with van der Waals surface area (Å²) < 4.78 is 40.0. The van der Waals surface area contributed by atoms with Crippen molar-refractivity contribution in [3.05, 3.63) is 63.6 Å². The summed E-state index contributed by atoms with van der Waals surface area (Å²) in [5, 5.41) is 8.28. The van der Waals surface area contributed by atoms with E-state index in [0.717, 1.165) is 0 Å². The molecule has 0 saturated carbocycles. The number of H-pyrrole nitrogens is 1. The van der Waals surface area contributed by atoms with E-state index in [4.69, 9.17) is 0 Å². The molecule has 0 fully saturated rings. The van der Waals surface area contributed by atoms with E-state index in [1.165, 1.54) is 11.0 Å². The molecule has 138 valence electrons. The Labute approximate surface area is 147 Å². The number of fused-ring (bicyclic) bond motifs is 1. The fourth-order valence-electron chi connectivity index (χ4n) is 2.86. The van der Waals surface area contributed by atoms with Gasteiger partial charge in [-0.25, -0.2) is 9.89 Å². The topological polar surface area (TPSA) is 78.1 Å². The average molecular weight is 366 g/mol. The Bertz CT molecular complexity index is 836. The molecule has 1 aliphatic rings. The van der Waals surface area contributed by atoms with E-state index in [9.17, 15) is 22.8 Å². The number of nitrogens with zero attached hydrogens (tertiary/aromatic N) is 2. The number of carbonyl (C=O) groups is 1. The van der Waals surface area contributed by atoms with Gasteiger partial charge in [0.2, 0.25) is 0 Å². The number of urea groups is 1. The molecule has 1 unspecified atom stereocenters. The Hall–Kier alpha value is -2.84. The second-order valence-electron chi connectivity index (χ2n) is 6.11. The first kappa shape index (κ1) is 18.0. The highest BCUT2D eigenvalue weighted by atomic mass is 19.4. The van der Waals surface area contributed by atoms with Crippen LogP contribution in [0, 0.1) is 0 Å². The largest absolute Gasteiger partial charge is 0.408 e. The lowest BCUT2D eigenvalue weighted by Gasteiger charge is -2.30. The van der Waals surface area contributed by atoms with Crippen LogP contribution in [0.3, 0.4) is 0 Å². The number of nitrogens with one attached hydrogen (secondary N) is 2. The van der Waals surface area contributed by atoms with Crippen LogP contribution in [-0.4, -0.2) is 39.9 Å². The SMILES string of the molecule is O=C(NC(Cc1ccccc1)C(F)(F)F)N1CCc2n[nH]c(=O)cc2C1. The number of hydrogen-bond acceptors (Lipinski definition) is 3. The third kappa shape index (κ3) is 4.22. The van der Waals surface area contributed by atoms with Crippen molar-refractivity contribution in [2.45, 2.75) is 31.6 Å². The van der Waals surface area contributed by atoms with E-state index < -0.39 is 23.8 Å². The summed E-state index contributed by atoms with van der Waals surface area (Å²) in [6, 6.07) is 6.69. The van der Waals surface area contributed by atoms with E-state index >= 15 is 0 Å². The number of halogens is 3. The molecule has 0 aliphatic carbocycles. The molecule has 3 rings (SSSR count). The van der Waals surface area contributed by atoms with Gasteiger partial charge >= 0.3 is 12.2 Å². The number of benzene rings is 1. The van der Waals surface area contributed by atoms with Crippen LogP contribution >= 0.6 is 0 Å². The fraction of sp³-hybridized carbons (Fsp3) is 0.353. The molecule has 0 radical (unpaired) electrons. The number of hydrogen-bond donors (Lipinski definition) is 2. The Morgan fingerprint density at radius 3 is 2.73 bits per heavy atom. The standard InChI is InChI=1S/C17H17F3N4O2/c18-17(19,20)14(8-11-4-2-1-3-5-11)21-16(26)24-7-6-13-12(10-24)9-15(25)23-22-13/h1-5,9,14H,6-8,10H2,(H,21,26)(H,23,25). The van der Waals surface area contributed by atoms with Gasteiger partial charge in [0, 0.05) is 37.6 Å². The fourth-order valence-corrected chi connectivity index (χ4v) is 2.86. The second-order valence-corrected chi connectivity index (χ2v) is 6.11. The molecule has 1 aliphatic heterocycles. The zero-order chi connectivity index (χ0) is 18.7. The highest BCUT2D eigenvalue weighted by Gasteiger charge is 2.41. The lowest BCUT2D eigenvalue weighted by molar-refractivity contribution is -0.153. The average Bonchev–Trinajstić information content (AvgIpc) is 2.60. The van der Waals surface area contributed by atoms with Gasteiger partial charge in [-0.15, -0.1) is 0 Å². The Kier molecular flexibility index (Phi) is 4.97. The van der Waals surface area contributed by atoms with Crippen LogP contribution in [0.2, 0.25) is 0 Å². The highest BCUT2D eigenvalue weighted by Crippen LogP contribution is 2.24. The van der Waals surface area contributed by atoms with Crippen LogP contribution in [0.5, 0.6) is 0 Å². The van der Waals surface area contributed by atoms with E-state index in [-0.39, 0.29) is 19.5 Å². The molecule has 2 aromatic rings. The van der Waals surface area contributed by atoms with Gasteiger partial charge in [0.25, 0.3) is 5.56 Å². The molecule has 9 heteroatoms. The van der Waals surface area contributed by atoms with E-state index in [2.05, 4.69) is 15.5 Å². The molecular weight excluding hydrogens is 349 g/mol. The minimum atomic E-state index is -4.57. The molecular formula is C17H17F3N4O2. The first-order valence-corrected chi connectivity index (χ1v) is 8.06. The van der Waals surface area contributed by atoms with E-state index in [0.29, 0.717) is 23.2 Å². The second kappa shape index (κ2) is 7.19. The van der Waals surface area contributed by atoms with Crippen LogP contribution in [0.15, 0.2) is 41.2 Å². The quantitative estimate of drug-likeness (QED) is 0.872. The Morgan fingerprint density at radius 2 is 2.04 bits per heavy atom. The van der Waals surface area contributed by atoms with Crippen molar-refractivity contribution in [3.8, 4) is 0 Å². The third-order valence-electron chi connectivity index (χ3n) is 4.22. The number of alkyl halides is 3. The maximum atomic E-state index is 13.3. The molecule has 0 saturated heterocycles. The van der Waals surface area contributed by atoms with Gasteiger partial charge in [-0.3, -0.25) is 4.79 Å². The number of aromatic nitrogens is 2. The Morgan fingerprint density at radius 1 is 1.31 bits per heavy atom. The normalized spacial score (nSPS) is 15.3. The first-order chi connectivity index (χ1) is 12.3. The van der Waals surface area contributed by atoms with Crippen molar-refractivity contribution in [1.29, 1.82) is 0 Å². The van der Waals surface area contributed by atoms with Crippen LogP contribution < -0.4 is 10.9 Å². The van der Waals surface area contributed by atoms with Crippen LogP contribution in [0.4, 0.5) is 18.0 Å². The summed E-state index contributed by atoms with van der Waals surface area (Å²) in [5.41, 5.74) is 1.25. The first-order valence-electron chi connectivity index (χ1n) is 8.06. The molecule has 2 amide bonds. The van der Waals surface area contributed by atoms with Crippen LogP contribution in [0.1, 0.15) is 16.8 Å². The predicted molar refractivity (Wildman–Crippen MR) is 87.5 cm³/mol. The maximum Gasteiger partial charge on any atom is 0.408 e. The Balaban J connectivity index is 1.71. The zero-order valence-electron chi connectivity index (χ0n) is 13.7. The van der Waals surface area contributed by atoms with Crippen molar-refractivity contribution < 1.29 is 18.0 Å². The summed E-state index contributed by atoms with van der Waals surface area (Å²) in [7, 11) is 0. The maximum absolute atomic E-state index is 13.3. The van der Waals surface area contributed by atoms with Gasteiger partial charge in [0.1, 0.15) is 6.04 Å². The molecule has 6 nitrogen and oxygen atoms in total. The van der Waals surface area contributed by atoms with Crippen molar-refractivity contribution in [3.63, 3.8) is 0 Å². The smallest absolute Gasteiger partial charge is 0.326 e. The molecule has 2 heterocycles. The number of rotatable bonds is 3. The van der Waals surface area contributed by atoms with Gasteiger partial charge < -0.3 is 10.2 Å². The molecule has 2 N–H and O–H groups in total. The molecule has 0 bridgehead atoms. The number of aromatic amines is 1. The van der Waals surface area contributed by atoms with Gasteiger partial charge in [0.15, 0.2) is 0 Å². The van der Waals surface area contributed by atoms with Crippen molar-refractivity contribution in [2.24, 2.45) is 0 Å². The predicted octanol–water partition coefficient (Wildman–Crippen LogP) is 2.01. The molecule has 0 spiro atoms. The molecule has 1 aromatic heterocycles. The number of carbonyl (C=O) groups excluding carboxylic acids is 1. The number of amides is 2. The summed E-state index contributed by atoms with van der Waals surface area (Å²) in [6.45, 7) is 0.280. The lowest BCUT2D eigenvalue weighted by Crippen LogP contribution is -2.52. The van der Waals surface area contributed by atoms with Crippen molar-refractivity contribution in [2.75, 3.05) is 6.54 Å². The lowest BCUT2D eigenvalue weighted by atomic mass is 10.1. The molecule has 1 atom stereocenters. The summed E-state index contributed by atoms with van der Waals surface area (Å²) in [4.78, 5) is 25.0. The minimum Gasteiger partial charge on any atom is -0.326 e. The highest BCUT2D eigenvalue weighted by molar-refractivity contribution is 5.75. The van der Waals surface area contributed by atoms with Gasteiger partial charge in [0.05, 0.1) is 5.69 Å². The van der Waals surface area contributed by atoms with Gasteiger partial charge in [-0.2, -0.15) is 18.3 Å². The van der Waals surface area contributed by atoms with E-state index in [1.807, 2.05) is 0 Å². The van der Waals surface area contributed by atoms with E-state index in [1.54, 1.807) is 30.3 Å². The summed E-state index contributed by atoms with van der Waals surface area (Å²) in [6.07, 6.45) is -4.55. The molecule has 1 aromatic carbocycles. The summed E-state index contributed by atoms with van der Waals surface area (Å²) in [5.74, 6) is 0. The van der Waals surface area contributed by atoms with Crippen LogP contribution in [0.25, 0.3) is 0 Å². The van der Waals surface area contributed by atoms with Gasteiger partial charge in [-0.1, -0.05) is 30.3 Å². The third-order valence-corrected chi connectivity index (χ3v) is 4.22. The monoisotopic (exact) mass is 366 g/mol. The van der Waals surface area contributed by atoms with Crippen molar-refractivity contribution in [1.82, 2.24) is 20.4 Å². The van der Waals surface area contributed by atoms with Crippen LogP contribution in [-0.2, 0) is 19.4 Å². The van der Waals surface area contributed by atoms with Crippen molar-refractivity contribution >= 4 is 6.03 Å².